The van der Waals surface area contributed by atoms with Crippen molar-refractivity contribution in [3.05, 3.63) is 0 Å². The summed E-state index contributed by atoms with van der Waals surface area (Å²) in [6.07, 6.45) is -4.00. The Bertz CT molecular complexity index is 420. The molecule has 2 heterocycles. The molecule has 0 aromatic rings. The summed E-state index contributed by atoms with van der Waals surface area (Å²) in [6.45, 7) is 3.81. The minimum absolute atomic E-state index is 0.0877. The van der Waals surface area contributed by atoms with Crippen LogP contribution in [0.2, 0.25) is 0 Å². The van der Waals surface area contributed by atoms with E-state index >= 15 is 0 Å². The van der Waals surface area contributed by atoms with Gasteiger partial charge in [-0.1, -0.05) is 0 Å². The molecule has 5 atom stereocenters. The number of hydrogen-bond acceptors (Lipinski definition) is 8. The van der Waals surface area contributed by atoms with Crippen LogP contribution in [0.1, 0.15) is 20.8 Å². The third-order valence-electron chi connectivity index (χ3n) is 2.92. The number of rotatable bonds is 3. The monoisotopic (exact) mass is 288 g/mol. The summed E-state index contributed by atoms with van der Waals surface area (Å²) in [5.41, 5.74) is 0. The van der Waals surface area contributed by atoms with Crippen molar-refractivity contribution in [1.29, 1.82) is 0 Å². The number of fused-ring (bicyclic) bond motifs is 2. The minimum atomic E-state index is -0.873. The van der Waals surface area contributed by atoms with Crippen LogP contribution in [0, 0.1) is 0 Å². The Kier molecular flexibility index (Phi) is 4.24. The molecule has 2 fully saturated rings. The third kappa shape index (κ3) is 3.07. The highest BCUT2D eigenvalue weighted by Crippen LogP contribution is 2.34. The zero-order chi connectivity index (χ0) is 14.9. The average Bonchev–Trinajstić information content (AvgIpc) is 2.57. The summed E-state index contributed by atoms with van der Waals surface area (Å²) < 4.78 is 26.1. The molecule has 2 bridgehead atoms. The molecule has 2 saturated heterocycles. The van der Waals surface area contributed by atoms with Crippen LogP contribution in [0.25, 0.3) is 0 Å². The van der Waals surface area contributed by atoms with E-state index in [4.69, 9.17) is 23.7 Å². The van der Waals surface area contributed by atoms with Gasteiger partial charge in [0.05, 0.1) is 6.61 Å². The van der Waals surface area contributed by atoms with Crippen LogP contribution in [0.4, 0.5) is 0 Å². The first kappa shape index (κ1) is 14.7. The fraction of sp³-hybridized carbons (Fsp3) is 0.750. The van der Waals surface area contributed by atoms with Gasteiger partial charge >= 0.3 is 17.9 Å². The van der Waals surface area contributed by atoms with E-state index in [1.807, 2.05) is 0 Å². The zero-order valence-electron chi connectivity index (χ0n) is 11.4. The summed E-state index contributed by atoms with van der Waals surface area (Å²) in [7, 11) is 0. The van der Waals surface area contributed by atoms with E-state index in [0.717, 1.165) is 0 Å². The van der Waals surface area contributed by atoms with E-state index in [2.05, 4.69) is 0 Å². The lowest BCUT2D eigenvalue weighted by Gasteiger charge is -2.29. The molecule has 2 rings (SSSR count). The van der Waals surface area contributed by atoms with Crippen LogP contribution < -0.4 is 0 Å². The van der Waals surface area contributed by atoms with Crippen LogP contribution >= 0.6 is 0 Å². The standard InChI is InChI=1S/C12H16O8/c1-5(13)17-8-4-16-12-11(19-7(3)15)10(9(8)20-12)18-6(2)14/h8-12H,4H2,1-3H3/t8-,9-,10+,11+,12-/m1/s1. The SMILES string of the molecule is CC(=O)O[C@@H]1[C@H](OC(C)=O)[C@@H]2OC[C@@H](OC(C)=O)[C@H]1O2. The first-order chi connectivity index (χ1) is 9.38. The van der Waals surface area contributed by atoms with Crippen molar-refractivity contribution in [3.63, 3.8) is 0 Å². The predicted molar refractivity (Wildman–Crippen MR) is 61.3 cm³/mol. The Morgan fingerprint density at radius 3 is 2.00 bits per heavy atom. The van der Waals surface area contributed by atoms with E-state index in [-0.39, 0.29) is 6.61 Å². The quantitative estimate of drug-likeness (QED) is 0.508. The molecule has 0 amide bonds. The van der Waals surface area contributed by atoms with Crippen LogP contribution in [0.15, 0.2) is 0 Å². The average molecular weight is 288 g/mol. The van der Waals surface area contributed by atoms with Crippen LogP contribution in [-0.4, -0.2) is 55.2 Å². The molecule has 0 radical (unpaired) electrons. The number of hydrogen-bond donors (Lipinski definition) is 0. The van der Waals surface area contributed by atoms with E-state index in [1.165, 1.54) is 20.8 Å². The van der Waals surface area contributed by atoms with Gasteiger partial charge in [-0.3, -0.25) is 14.4 Å². The van der Waals surface area contributed by atoms with Gasteiger partial charge in [0.2, 0.25) is 0 Å². The van der Waals surface area contributed by atoms with Crippen molar-refractivity contribution in [2.24, 2.45) is 0 Å². The Hall–Kier alpha value is -1.67. The fourth-order valence-electron chi connectivity index (χ4n) is 2.32. The second kappa shape index (κ2) is 5.76. The maximum Gasteiger partial charge on any atom is 0.303 e. The van der Waals surface area contributed by atoms with Gasteiger partial charge in [-0.15, -0.1) is 0 Å². The van der Waals surface area contributed by atoms with Gasteiger partial charge < -0.3 is 23.7 Å². The van der Waals surface area contributed by atoms with E-state index < -0.39 is 48.6 Å². The Balaban J connectivity index is 2.17. The highest BCUT2D eigenvalue weighted by Gasteiger charge is 2.56. The summed E-state index contributed by atoms with van der Waals surface area (Å²) >= 11 is 0. The van der Waals surface area contributed by atoms with Crippen molar-refractivity contribution in [3.8, 4) is 0 Å². The summed E-state index contributed by atoms with van der Waals surface area (Å²) in [5.74, 6) is -1.60. The summed E-state index contributed by atoms with van der Waals surface area (Å²) in [6, 6.07) is 0. The first-order valence-electron chi connectivity index (χ1n) is 6.17. The third-order valence-corrected chi connectivity index (χ3v) is 2.92. The molecule has 8 nitrogen and oxygen atoms in total. The van der Waals surface area contributed by atoms with E-state index in [0.29, 0.717) is 0 Å². The maximum atomic E-state index is 11.2. The molecule has 0 N–H and O–H groups in total. The molecular weight excluding hydrogens is 272 g/mol. The van der Waals surface area contributed by atoms with Gasteiger partial charge in [-0.25, -0.2) is 0 Å². The fourth-order valence-corrected chi connectivity index (χ4v) is 2.32. The molecule has 20 heavy (non-hydrogen) atoms. The van der Waals surface area contributed by atoms with Gasteiger partial charge in [-0.05, 0) is 0 Å². The molecule has 0 saturated carbocycles. The summed E-state index contributed by atoms with van der Waals surface area (Å²) in [4.78, 5) is 33.4. The second-order valence-corrected chi connectivity index (χ2v) is 4.60. The van der Waals surface area contributed by atoms with Gasteiger partial charge in [0, 0.05) is 20.8 Å². The van der Waals surface area contributed by atoms with Gasteiger partial charge in [0.15, 0.2) is 24.6 Å². The molecule has 0 aromatic heterocycles. The predicted octanol–water partition coefficient (Wildman–Crippen LogP) is -0.463. The highest BCUT2D eigenvalue weighted by atomic mass is 16.8. The molecule has 0 spiro atoms. The van der Waals surface area contributed by atoms with Crippen molar-refractivity contribution < 1.29 is 38.1 Å². The smallest absolute Gasteiger partial charge is 0.303 e. The zero-order valence-corrected chi connectivity index (χ0v) is 11.4. The van der Waals surface area contributed by atoms with Gasteiger partial charge in [0.25, 0.3) is 0 Å². The molecule has 8 heteroatoms. The first-order valence-corrected chi connectivity index (χ1v) is 6.17. The second-order valence-electron chi connectivity index (χ2n) is 4.60. The van der Waals surface area contributed by atoms with Crippen molar-refractivity contribution >= 4 is 17.9 Å². The summed E-state index contributed by atoms with van der Waals surface area (Å²) in [5, 5.41) is 0. The normalized spacial score (nSPS) is 35.2. The van der Waals surface area contributed by atoms with Crippen LogP contribution in [-0.2, 0) is 38.1 Å². The number of ether oxygens (including phenoxy) is 5. The van der Waals surface area contributed by atoms with Gasteiger partial charge in [0.1, 0.15) is 6.10 Å². The molecule has 0 aromatic carbocycles. The number of esters is 3. The molecule has 2 aliphatic heterocycles. The molecule has 0 unspecified atom stereocenters. The molecule has 2 aliphatic rings. The van der Waals surface area contributed by atoms with Crippen molar-refractivity contribution in [2.75, 3.05) is 6.61 Å². The Morgan fingerprint density at radius 1 is 0.900 bits per heavy atom. The van der Waals surface area contributed by atoms with Crippen LogP contribution in [0.5, 0.6) is 0 Å². The Labute approximate surface area is 115 Å². The maximum absolute atomic E-state index is 11.2. The van der Waals surface area contributed by atoms with Crippen molar-refractivity contribution in [1.82, 2.24) is 0 Å². The Morgan fingerprint density at radius 2 is 1.45 bits per heavy atom. The van der Waals surface area contributed by atoms with E-state index in [1.54, 1.807) is 0 Å². The van der Waals surface area contributed by atoms with E-state index in [9.17, 15) is 14.4 Å². The number of carbonyl (C=O) groups is 3. The van der Waals surface area contributed by atoms with Gasteiger partial charge in [-0.2, -0.15) is 0 Å². The molecule has 112 valence electrons. The van der Waals surface area contributed by atoms with Crippen LogP contribution in [0.3, 0.4) is 0 Å². The number of carbonyl (C=O) groups excluding carboxylic acids is 3. The lowest BCUT2D eigenvalue weighted by Crippen LogP contribution is -2.45. The lowest BCUT2D eigenvalue weighted by atomic mass is 10.1. The molecule has 0 aliphatic carbocycles. The molecular formula is C12H16O8. The topological polar surface area (TPSA) is 97.4 Å². The van der Waals surface area contributed by atoms with Crippen molar-refractivity contribution in [2.45, 2.75) is 51.5 Å². The minimum Gasteiger partial charge on any atom is -0.457 e. The largest absolute Gasteiger partial charge is 0.457 e. The lowest BCUT2D eigenvalue weighted by molar-refractivity contribution is -0.242. The highest BCUT2D eigenvalue weighted by molar-refractivity contribution is 5.68.